The summed E-state index contributed by atoms with van der Waals surface area (Å²) in [6.07, 6.45) is 4.44. The van der Waals surface area contributed by atoms with Crippen LogP contribution in [0.3, 0.4) is 0 Å². The number of hydroxylamine groups is 2. The molecule has 1 aromatic rings. The van der Waals surface area contributed by atoms with Crippen LogP contribution in [0.25, 0.3) is 0 Å². The SMILES string of the molecule is CCCCCCC1Oc2cc(C(C)C)c(C(=O)C(C)CC(=O)O)cc2C(C)[NH+]1[O-]. The van der Waals surface area contributed by atoms with Crippen molar-refractivity contribution in [1.82, 2.24) is 0 Å². The minimum Gasteiger partial charge on any atom is -0.631 e. The number of hydrogen-bond donors (Lipinski definition) is 2. The molecule has 0 saturated carbocycles. The normalized spacial score (nSPS) is 22.1. The Balaban J connectivity index is 2.34. The van der Waals surface area contributed by atoms with Gasteiger partial charge in [0.05, 0.1) is 12.0 Å². The third kappa shape index (κ3) is 5.58. The second kappa shape index (κ2) is 10.2. The molecule has 6 heteroatoms. The number of rotatable bonds is 10. The Hall–Kier alpha value is -1.92. The highest BCUT2D eigenvalue weighted by Gasteiger charge is 2.34. The summed E-state index contributed by atoms with van der Waals surface area (Å²) in [4.78, 5) is 24.0. The Morgan fingerprint density at radius 1 is 1.21 bits per heavy atom. The van der Waals surface area contributed by atoms with E-state index < -0.39 is 18.1 Å². The van der Waals surface area contributed by atoms with Gasteiger partial charge in [-0.05, 0) is 37.0 Å². The second-order valence-corrected chi connectivity index (χ2v) is 8.58. The number of carboxylic acid groups (broad SMARTS) is 1. The zero-order chi connectivity index (χ0) is 21.7. The molecule has 0 radical (unpaired) electrons. The first-order chi connectivity index (χ1) is 13.7. The largest absolute Gasteiger partial charge is 0.631 e. The fourth-order valence-corrected chi connectivity index (χ4v) is 3.97. The van der Waals surface area contributed by atoms with Gasteiger partial charge in [0.2, 0.25) is 6.23 Å². The van der Waals surface area contributed by atoms with Gasteiger partial charge < -0.3 is 20.1 Å². The average molecular weight is 406 g/mol. The third-order valence-electron chi connectivity index (χ3n) is 5.80. The summed E-state index contributed by atoms with van der Waals surface area (Å²) in [5, 5.41) is 21.9. The van der Waals surface area contributed by atoms with Crippen LogP contribution in [0, 0.1) is 11.1 Å². The van der Waals surface area contributed by atoms with Crippen LogP contribution in [0.2, 0.25) is 0 Å². The molecule has 0 fully saturated rings. The summed E-state index contributed by atoms with van der Waals surface area (Å²) in [5.41, 5.74) is 2.09. The number of carbonyl (C=O) groups is 2. The Bertz CT molecular complexity index is 730. The van der Waals surface area contributed by atoms with Crippen molar-refractivity contribution in [2.24, 2.45) is 5.92 Å². The molecule has 1 heterocycles. The maximum absolute atomic E-state index is 13.0. The van der Waals surface area contributed by atoms with Gasteiger partial charge >= 0.3 is 5.97 Å². The molecular formula is C23H35NO5. The first-order valence-corrected chi connectivity index (χ1v) is 10.8. The van der Waals surface area contributed by atoms with Crippen LogP contribution < -0.4 is 9.80 Å². The lowest BCUT2D eigenvalue weighted by molar-refractivity contribution is -0.929. The van der Waals surface area contributed by atoms with Gasteiger partial charge in [-0.15, -0.1) is 0 Å². The summed E-state index contributed by atoms with van der Waals surface area (Å²) in [7, 11) is 0. The molecule has 0 amide bonds. The summed E-state index contributed by atoms with van der Waals surface area (Å²) in [6.45, 7) is 9.66. The van der Waals surface area contributed by atoms with E-state index in [1.54, 1.807) is 13.0 Å². The predicted octanol–water partition coefficient (Wildman–Crippen LogP) is 4.24. The summed E-state index contributed by atoms with van der Waals surface area (Å²) in [5.74, 6) is -1.04. The van der Waals surface area contributed by atoms with Crippen molar-refractivity contribution in [3.8, 4) is 5.75 Å². The van der Waals surface area contributed by atoms with Gasteiger partial charge in [-0.3, -0.25) is 9.59 Å². The number of unbranched alkanes of at least 4 members (excludes halogenated alkanes) is 3. The molecule has 0 aromatic heterocycles. The first-order valence-electron chi connectivity index (χ1n) is 10.8. The molecule has 162 valence electrons. The lowest BCUT2D eigenvalue weighted by atomic mass is 9.86. The number of nitrogens with one attached hydrogen (secondary N) is 1. The van der Waals surface area contributed by atoms with Crippen LogP contribution in [0.5, 0.6) is 5.75 Å². The van der Waals surface area contributed by atoms with E-state index in [2.05, 4.69) is 6.92 Å². The van der Waals surface area contributed by atoms with Gasteiger partial charge in [0, 0.05) is 17.9 Å². The predicted molar refractivity (Wildman–Crippen MR) is 112 cm³/mol. The molecule has 1 aliphatic rings. The molecule has 2 N–H and O–H groups in total. The number of hydrogen-bond acceptors (Lipinski definition) is 4. The van der Waals surface area contributed by atoms with Gasteiger partial charge in [-0.25, -0.2) is 0 Å². The molecule has 29 heavy (non-hydrogen) atoms. The van der Waals surface area contributed by atoms with E-state index in [0.717, 1.165) is 43.2 Å². The van der Waals surface area contributed by atoms with Crippen molar-refractivity contribution < 1.29 is 24.5 Å². The zero-order valence-electron chi connectivity index (χ0n) is 18.3. The van der Waals surface area contributed by atoms with Crippen LogP contribution in [0.1, 0.15) is 107 Å². The van der Waals surface area contributed by atoms with Crippen molar-refractivity contribution in [2.75, 3.05) is 0 Å². The highest BCUT2D eigenvalue weighted by molar-refractivity contribution is 6.01. The standard InChI is InChI=1S/C23H35NO5/c1-6-7-8-9-10-21-24(28)16(5)18-12-19(23(27)15(4)11-22(25)26)17(14(2)3)13-20(18)29-21/h12-16,21,24H,6-11H2,1-5H3,(H,25,26). The van der Waals surface area contributed by atoms with Crippen LogP contribution in [0.15, 0.2) is 12.1 Å². The topological polar surface area (TPSA) is 91.1 Å². The number of ether oxygens (including phenoxy) is 1. The fourth-order valence-electron chi connectivity index (χ4n) is 3.97. The molecule has 1 aliphatic heterocycles. The van der Waals surface area contributed by atoms with Crippen LogP contribution in [-0.4, -0.2) is 23.1 Å². The van der Waals surface area contributed by atoms with E-state index in [4.69, 9.17) is 9.84 Å². The number of aliphatic carboxylic acids is 1. The Morgan fingerprint density at radius 2 is 1.90 bits per heavy atom. The quantitative estimate of drug-likeness (QED) is 0.345. The highest BCUT2D eigenvalue weighted by Crippen LogP contribution is 2.35. The van der Waals surface area contributed by atoms with Gasteiger partial charge in [-0.2, -0.15) is 0 Å². The van der Waals surface area contributed by atoms with Crippen molar-refractivity contribution in [3.05, 3.63) is 34.0 Å². The number of quaternary nitrogens is 1. The number of carboxylic acids is 1. The number of ketones is 1. The van der Waals surface area contributed by atoms with Crippen LogP contribution in [0.4, 0.5) is 0 Å². The molecule has 2 rings (SSSR count). The first kappa shape index (κ1) is 23.4. The molecule has 4 atom stereocenters. The maximum atomic E-state index is 13.0. The van der Waals surface area contributed by atoms with Gasteiger partial charge in [0.15, 0.2) is 5.78 Å². The highest BCUT2D eigenvalue weighted by atomic mass is 16.6. The van der Waals surface area contributed by atoms with E-state index in [1.807, 2.05) is 26.8 Å². The number of benzene rings is 1. The molecule has 0 spiro atoms. The summed E-state index contributed by atoms with van der Waals surface area (Å²) < 4.78 is 6.09. The molecule has 0 bridgehead atoms. The second-order valence-electron chi connectivity index (χ2n) is 8.58. The van der Waals surface area contributed by atoms with Crippen molar-refractivity contribution >= 4 is 11.8 Å². The smallest absolute Gasteiger partial charge is 0.304 e. The van der Waals surface area contributed by atoms with E-state index in [0.29, 0.717) is 11.3 Å². The Labute approximate surface area is 173 Å². The fraction of sp³-hybridized carbons (Fsp3) is 0.652. The van der Waals surface area contributed by atoms with Crippen LogP contribution >= 0.6 is 0 Å². The Morgan fingerprint density at radius 3 is 2.48 bits per heavy atom. The maximum Gasteiger partial charge on any atom is 0.304 e. The van der Waals surface area contributed by atoms with Gasteiger partial charge in [0.1, 0.15) is 11.8 Å². The summed E-state index contributed by atoms with van der Waals surface area (Å²) in [6, 6.07) is 3.32. The molecule has 4 unspecified atom stereocenters. The average Bonchev–Trinajstić information content (AvgIpc) is 2.66. The third-order valence-corrected chi connectivity index (χ3v) is 5.80. The van der Waals surface area contributed by atoms with Crippen LogP contribution in [-0.2, 0) is 4.79 Å². The molecule has 0 aliphatic carbocycles. The van der Waals surface area contributed by atoms with Gasteiger partial charge in [0.25, 0.3) is 0 Å². The van der Waals surface area contributed by atoms with E-state index in [9.17, 15) is 14.8 Å². The summed E-state index contributed by atoms with van der Waals surface area (Å²) >= 11 is 0. The molecule has 1 aromatic carbocycles. The zero-order valence-corrected chi connectivity index (χ0v) is 18.3. The lowest BCUT2D eigenvalue weighted by Gasteiger charge is -2.41. The van der Waals surface area contributed by atoms with E-state index in [1.165, 1.54) is 0 Å². The van der Waals surface area contributed by atoms with Crippen molar-refractivity contribution in [2.45, 2.75) is 91.3 Å². The number of Topliss-reactive ketones (excluding diaryl/α,β-unsaturated/α-hetero) is 1. The number of carbonyl (C=O) groups excluding carboxylic acids is 1. The monoisotopic (exact) mass is 405 g/mol. The lowest BCUT2D eigenvalue weighted by Crippen LogP contribution is -3.13. The van der Waals surface area contributed by atoms with Gasteiger partial charge in [-0.1, -0.05) is 47.0 Å². The Kier molecular flexibility index (Phi) is 8.23. The molecular weight excluding hydrogens is 370 g/mol. The molecule has 0 saturated heterocycles. The van der Waals surface area contributed by atoms with E-state index in [-0.39, 0.29) is 29.2 Å². The minimum absolute atomic E-state index is 0.0586. The van der Waals surface area contributed by atoms with Crippen molar-refractivity contribution in [1.29, 1.82) is 0 Å². The molecule has 6 nitrogen and oxygen atoms in total. The minimum atomic E-state index is -0.993. The van der Waals surface area contributed by atoms with E-state index >= 15 is 0 Å². The van der Waals surface area contributed by atoms with Crippen molar-refractivity contribution in [3.63, 3.8) is 0 Å². The number of fused-ring (bicyclic) bond motifs is 1.